The molecule has 2 aromatic heterocycles. The first-order valence-corrected chi connectivity index (χ1v) is 12.2. The number of halogens is 1. The fraction of sp³-hybridized carbons (Fsp3) is 0.250. The zero-order valence-corrected chi connectivity index (χ0v) is 21.2. The largest absolute Gasteiger partial charge is 0.439 e. The molecule has 0 saturated heterocycles. The number of nitriles is 1. The summed E-state index contributed by atoms with van der Waals surface area (Å²) in [6.07, 6.45) is 0. The van der Waals surface area contributed by atoms with Gasteiger partial charge in [0.2, 0.25) is 5.88 Å². The van der Waals surface area contributed by atoms with Gasteiger partial charge >= 0.3 is 5.63 Å². The number of aromatic nitrogens is 1. The van der Waals surface area contributed by atoms with Crippen molar-refractivity contribution in [1.29, 1.82) is 5.26 Å². The van der Waals surface area contributed by atoms with Crippen LogP contribution < -0.4 is 21.0 Å². The van der Waals surface area contributed by atoms with Crippen LogP contribution in [-0.2, 0) is 0 Å². The predicted molar refractivity (Wildman–Crippen MR) is 142 cm³/mol. The molecule has 0 saturated carbocycles. The van der Waals surface area contributed by atoms with E-state index in [0.29, 0.717) is 16.5 Å². The van der Waals surface area contributed by atoms with E-state index >= 15 is 0 Å². The van der Waals surface area contributed by atoms with E-state index in [2.05, 4.69) is 29.8 Å². The molecule has 4 aromatic rings. The highest BCUT2D eigenvalue weighted by molar-refractivity contribution is 6.30. The van der Waals surface area contributed by atoms with Gasteiger partial charge < -0.3 is 19.8 Å². The first-order valence-electron chi connectivity index (χ1n) is 11.8. The van der Waals surface area contributed by atoms with Crippen LogP contribution in [0, 0.1) is 25.2 Å². The average molecular weight is 501 g/mol. The Morgan fingerprint density at radius 1 is 1.17 bits per heavy atom. The van der Waals surface area contributed by atoms with E-state index in [-0.39, 0.29) is 27.9 Å². The van der Waals surface area contributed by atoms with Gasteiger partial charge in [-0.05, 0) is 57.5 Å². The van der Waals surface area contributed by atoms with Gasteiger partial charge in [0.05, 0.1) is 22.4 Å². The van der Waals surface area contributed by atoms with Crippen molar-refractivity contribution in [2.75, 3.05) is 18.0 Å². The molecule has 2 aromatic carbocycles. The first kappa shape index (κ1) is 23.7. The maximum absolute atomic E-state index is 13.4. The molecule has 3 heterocycles. The summed E-state index contributed by atoms with van der Waals surface area (Å²) >= 11 is 6.68. The van der Waals surface area contributed by atoms with Crippen molar-refractivity contribution in [3.8, 4) is 11.8 Å². The predicted octanol–water partition coefficient (Wildman–Crippen LogP) is 5.68. The van der Waals surface area contributed by atoms with Crippen molar-refractivity contribution >= 4 is 39.2 Å². The topological polar surface area (TPSA) is 105 Å². The zero-order valence-electron chi connectivity index (χ0n) is 20.5. The zero-order chi connectivity index (χ0) is 25.7. The summed E-state index contributed by atoms with van der Waals surface area (Å²) in [6, 6.07) is 13.6. The maximum atomic E-state index is 13.4. The molecule has 1 unspecified atom stereocenters. The van der Waals surface area contributed by atoms with Crippen molar-refractivity contribution in [2.45, 2.75) is 33.6 Å². The van der Waals surface area contributed by atoms with Crippen LogP contribution in [-0.4, -0.2) is 18.1 Å². The molecule has 0 fully saturated rings. The Morgan fingerprint density at radius 3 is 2.61 bits per heavy atom. The summed E-state index contributed by atoms with van der Waals surface area (Å²) in [5.74, 6) is -0.691. The minimum atomic E-state index is -0.882. The van der Waals surface area contributed by atoms with Gasteiger partial charge in [-0.25, -0.2) is 9.78 Å². The van der Waals surface area contributed by atoms with Gasteiger partial charge in [-0.1, -0.05) is 23.2 Å². The Bertz CT molecular complexity index is 1680. The summed E-state index contributed by atoms with van der Waals surface area (Å²) in [4.78, 5) is 20.2. The van der Waals surface area contributed by atoms with Gasteiger partial charge in [0, 0.05) is 35.8 Å². The number of ether oxygens (including phenoxy) is 1. The monoisotopic (exact) mass is 500 g/mol. The lowest BCUT2D eigenvalue weighted by Crippen LogP contribution is -2.27. The molecular weight excluding hydrogens is 476 g/mol. The third-order valence-electron chi connectivity index (χ3n) is 6.73. The molecule has 7 nitrogen and oxygen atoms in total. The van der Waals surface area contributed by atoms with Gasteiger partial charge in [-0.15, -0.1) is 0 Å². The van der Waals surface area contributed by atoms with Gasteiger partial charge in [0.15, 0.2) is 5.75 Å². The van der Waals surface area contributed by atoms with Crippen LogP contribution >= 0.6 is 11.6 Å². The Morgan fingerprint density at radius 2 is 1.92 bits per heavy atom. The van der Waals surface area contributed by atoms with Gasteiger partial charge in [0.1, 0.15) is 22.4 Å². The van der Waals surface area contributed by atoms with Crippen LogP contribution in [0.4, 0.5) is 5.69 Å². The standard InChI is InChI=1S/C28H25ClN4O3/c1-5-33(6-2)17-7-8-18-21(12-17)35-28(34)23-22(20(13-30)27(31)36-25(18)23)19-11-16-10-14(3)9-15(4)24(16)32-26(19)29/h7-12,22H,5-6,31H2,1-4H3. The second-order valence-electron chi connectivity index (χ2n) is 8.93. The minimum absolute atomic E-state index is 0.0775. The number of allylic oxidation sites excluding steroid dienone is 1. The molecule has 0 spiro atoms. The maximum Gasteiger partial charge on any atom is 0.344 e. The average Bonchev–Trinajstić information content (AvgIpc) is 2.84. The SMILES string of the molecule is CCN(CC)c1ccc2c3c(c(=O)oc2c1)C(c1cc2cc(C)cc(C)c2nc1Cl)C(C#N)=C(N)O3. The summed E-state index contributed by atoms with van der Waals surface area (Å²) in [7, 11) is 0. The van der Waals surface area contributed by atoms with Crippen molar-refractivity contribution in [3.05, 3.63) is 85.7 Å². The van der Waals surface area contributed by atoms with E-state index in [9.17, 15) is 10.1 Å². The highest BCUT2D eigenvalue weighted by atomic mass is 35.5. The molecule has 2 N–H and O–H groups in total. The second-order valence-corrected chi connectivity index (χ2v) is 9.29. The first-order chi connectivity index (χ1) is 17.3. The Labute approximate surface area is 213 Å². The number of benzene rings is 2. The summed E-state index contributed by atoms with van der Waals surface area (Å²) < 4.78 is 11.7. The smallest absolute Gasteiger partial charge is 0.344 e. The highest BCUT2D eigenvalue weighted by Gasteiger charge is 2.37. The summed E-state index contributed by atoms with van der Waals surface area (Å²) in [5.41, 5.74) is 10.5. The lowest BCUT2D eigenvalue weighted by Gasteiger charge is -2.27. The van der Waals surface area contributed by atoms with Gasteiger partial charge in [-0.3, -0.25) is 0 Å². The third-order valence-corrected chi connectivity index (χ3v) is 7.03. The van der Waals surface area contributed by atoms with Crippen LogP contribution in [0.5, 0.6) is 5.75 Å². The minimum Gasteiger partial charge on any atom is -0.439 e. The van der Waals surface area contributed by atoms with Crippen molar-refractivity contribution < 1.29 is 9.15 Å². The van der Waals surface area contributed by atoms with Gasteiger partial charge in [-0.2, -0.15) is 5.26 Å². The van der Waals surface area contributed by atoms with Crippen LogP contribution in [0.15, 0.2) is 57.1 Å². The van der Waals surface area contributed by atoms with E-state index in [0.717, 1.165) is 40.8 Å². The van der Waals surface area contributed by atoms with E-state index < -0.39 is 11.5 Å². The van der Waals surface area contributed by atoms with Crippen LogP contribution in [0.1, 0.15) is 42.0 Å². The number of nitrogens with zero attached hydrogens (tertiary/aromatic N) is 3. The van der Waals surface area contributed by atoms with Crippen LogP contribution in [0.25, 0.3) is 21.9 Å². The highest BCUT2D eigenvalue weighted by Crippen LogP contribution is 2.46. The lowest BCUT2D eigenvalue weighted by molar-refractivity contribution is 0.388. The van der Waals surface area contributed by atoms with Gasteiger partial charge in [0.25, 0.3) is 0 Å². The summed E-state index contributed by atoms with van der Waals surface area (Å²) in [6.45, 7) is 9.70. The number of anilines is 1. The Kier molecular flexibility index (Phi) is 5.85. The Hall–Kier alpha value is -4.02. The fourth-order valence-corrected chi connectivity index (χ4v) is 5.30. The van der Waals surface area contributed by atoms with Crippen molar-refractivity contribution in [3.63, 3.8) is 0 Å². The quantitative estimate of drug-likeness (QED) is 0.284. The molecule has 0 aliphatic carbocycles. The summed E-state index contributed by atoms with van der Waals surface area (Å²) in [5, 5.41) is 11.6. The molecule has 0 radical (unpaired) electrons. The fourth-order valence-electron chi connectivity index (χ4n) is 5.05. The number of pyridine rings is 1. The number of aryl methyl sites for hydroxylation is 2. The van der Waals surface area contributed by atoms with Crippen LogP contribution in [0.3, 0.4) is 0 Å². The van der Waals surface area contributed by atoms with Crippen LogP contribution in [0.2, 0.25) is 5.15 Å². The molecule has 36 heavy (non-hydrogen) atoms. The number of hydrogen-bond donors (Lipinski definition) is 1. The third kappa shape index (κ3) is 3.66. The number of fused-ring (bicyclic) bond motifs is 4. The molecule has 0 bridgehead atoms. The van der Waals surface area contributed by atoms with E-state index in [1.54, 1.807) is 0 Å². The van der Waals surface area contributed by atoms with E-state index in [1.807, 2.05) is 50.2 Å². The normalized spacial score (nSPS) is 15.1. The molecule has 182 valence electrons. The number of nitrogens with two attached hydrogens (primary N) is 1. The molecular formula is C28H25ClN4O3. The van der Waals surface area contributed by atoms with E-state index in [4.69, 9.17) is 26.5 Å². The molecule has 1 atom stereocenters. The molecule has 1 aliphatic rings. The lowest BCUT2D eigenvalue weighted by atomic mass is 9.84. The van der Waals surface area contributed by atoms with Crippen molar-refractivity contribution in [1.82, 2.24) is 4.98 Å². The Balaban J connectivity index is 1.80. The second kappa shape index (κ2) is 8.89. The molecule has 5 rings (SSSR count). The number of rotatable bonds is 4. The molecule has 1 aliphatic heterocycles. The van der Waals surface area contributed by atoms with E-state index in [1.165, 1.54) is 0 Å². The molecule has 8 heteroatoms. The number of hydrogen-bond acceptors (Lipinski definition) is 7. The molecule has 0 amide bonds. The van der Waals surface area contributed by atoms with Crippen molar-refractivity contribution in [2.24, 2.45) is 5.73 Å².